The van der Waals surface area contributed by atoms with Gasteiger partial charge in [-0.2, -0.15) is 0 Å². The number of amides is 3. The summed E-state index contributed by atoms with van der Waals surface area (Å²) in [5, 5.41) is 4.35. The molecule has 0 aliphatic carbocycles. The van der Waals surface area contributed by atoms with Crippen LogP contribution >= 0.6 is 23.1 Å². The van der Waals surface area contributed by atoms with Crippen LogP contribution in [0.2, 0.25) is 0 Å². The molecule has 1 saturated heterocycles. The van der Waals surface area contributed by atoms with Crippen LogP contribution in [0, 0.1) is 5.92 Å². The van der Waals surface area contributed by atoms with Gasteiger partial charge in [0.15, 0.2) is 0 Å². The molecule has 2 aliphatic heterocycles. The van der Waals surface area contributed by atoms with Gasteiger partial charge in [0.25, 0.3) is 0 Å². The molecule has 226 valence electrons. The number of ether oxygens (including phenoxy) is 1. The molecule has 2 aromatic heterocycles. The Balaban J connectivity index is 1.22. The average Bonchev–Trinajstić information content (AvgIpc) is 3.74. The number of carbonyl (C=O) groups is 4. The number of nitrogens with one attached hydrogen (secondary N) is 1. The van der Waals surface area contributed by atoms with Gasteiger partial charge in [-0.05, 0) is 54.8 Å². The minimum atomic E-state index is -0.869. The van der Waals surface area contributed by atoms with E-state index in [1.807, 2.05) is 36.4 Å². The summed E-state index contributed by atoms with van der Waals surface area (Å²) in [5.41, 5.74) is 1.24. The lowest BCUT2D eigenvalue weighted by atomic mass is 9.87. The van der Waals surface area contributed by atoms with E-state index in [-0.39, 0.29) is 18.0 Å². The van der Waals surface area contributed by atoms with Gasteiger partial charge in [0.05, 0.1) is 45.9 Å². The number of aromatic nitrogens is 1. The second-order valence-electron chi connectivity index (χ2n) is 10.5. The van der Waals surface area contributed by atoms with E-state index >= 15 is 0 Å². The Labute approximate surface area is 264 Å². The van der Waals surface area contributed by atoms with Gasteiger partial charge >= 0.3 is 10.8 Å². The van der Waals surface area contributed by atoms with E-state index in [1.165, 1.54) is 35.1 Å². The number of esters is 1. The van der Waals surface area contributed by atoms with Crippen molar-refractivity contribution in [3.8, 4) is 0 Å². The predicted molar refractivity (Wildman–Crippen MR) is 170 cm³/mol. The number of furan rings is 1. The molecular formula is C33H25N3O7S2. The van der Waals surface area contributed by atoms with Crippen molar-refractivity contribution in [3.05, 3.63) is 111 Å². The summed E-state index contributed by atoms with van der Waals surface area (Å²) in [6.45, 7) is 1.65. The highest BCUT2D eigenvalue weighted by molar-refractivity contribution is 8.00. The highest BCUT2D eigenvalue weighted by Crippen LogP contribution is 2.54. The van der Waals surface area contributed by atoms with Gasteiger partial charge < -0.3 is 14.5 Å². The number of thioether (sulfide) groups is 1. The third kappa shape index (κ3) is 4.95. The van der Waals surface area contributed by atoms with Gasteiger partial charge in [0, 0.05) is 11.1 Å². The first-order chi connectivity index (χ1) is 21.9. The zero-order valence-electron chi connectivity index (χ0n) is 23.8. The smallest absolute Gasteiger partial charge is 0.338 e. The van der Waals surface area contributed by atoms with Crippen LogP contribution in [0.4, 0.5) is 11.4 Å². The average molecular weight is 640 g/mol. The quantitative estimate of drug-likeness (QED) is 0.189. The largest absolute Gasteiger partial charge is 0.469 e. The first kappa shape index (κ1) is 28.8. The number of benzene rings is 3. The molecule has 2 aliphatic rings. The molecule has 4 heterocycles. The summed E-state index contributed by atoms with van der Waals surface area (Å²) in [6.07, 6.45) is 1.48. The van der Waals surface area contributed by atoms with Crippen LogP contribution < -0.4 is 15.1 Å². The van der Waals surface area contributed by atoms with Crippen molar-refractivity contribution in [1.82, 2.24) is 4.57 Å². The number of rotatable bonds is 7. The van der Waals surface area contributed by atoms with E-state index in [4.69, 9.17) is 9.15 Å². The molecule has 1 fully saturated rings. The van der Waals surface area contributed by atoms with Crippen molar-refractivity contribution < 1.29 is 28.3 Å². The van der Waals surface area contributed by atoms with Crippen LogP contribution in [0.5, 0.6) is 0 Å². The molecule has 0 saturated carbocycles. The lowest BCUT2D eigenvalue weighted by molar-refractivity contribution is -0.122. The number of anilines is 2. The zero-order chi connectivity index (χ0) is 31.2. The van der Waals surface area contributed by atoms with Gasteiger partial charge in [-0.3, -0.25) is 23.7 Å². The SMILES string of the molecule is CCOC(=O)c1ccc(N2C(=O)C3Sc4c(sc(=O)n4CC(=O)Nc4cccc5ccccc45)[C@H](c4ccco4)C3C2=O)cc1. The van der Waals surface area contributed by atoms with Gasteiger partial charge in [-0.15, -0.1) is 0 Å². The van der Waals surface area contributed by atoms with Crippen molar-refractivity contribution in [2.45, 2.75) is 29.7 Å². The van der Waals surface area contributed by atoms with E-state index in [0.717, 1.165) is 38.8 Å². The fraction of sp³-hybridized carbons (Fsp3) is 0.182. The van der Waals surface area contributed by atoms with Crippen LogP contribution in [-0.2, 0) is 25.7 Å². The summed E-state index contributed by atoms with van der Waals surface area (Å²) in [7, 11) is 0. The Kier molecular flexibility index (Phi) is 7.38. The second kappa shape index (κ2) is 11.5. The number of imide groups is 1. The number of nitrogens with zero attached hydrogens (tertiary/aromatic N) is 2. The lowest BCUT2D eigenvalue weighted by Gasteiger charge is -2.29. The lowest BCUT2D eigenvalue weighted by Crippen LogP contribution is -2.32. The fourth-order valence-electron chi connectivity index (χ4n) is 5.91. The molecule has 2 unspecified atom stereocenters. The topological polar surface area (TPSA) is 128 Å². The minimum Gasteiger partial charge on any atom is -0.469 e. The maximum absolute atomic E-state index is 14.0. The van der Waals surface area contributed by atoms with E-state index in [1.54, 1.807) is 25.1 Å². The fourth-order valence-corrected chi connectivity index (χ4v) is 8.67. The van der Waals surface area contributed by atoms with E-state index in [9.17, 15) is 24.0 Å². The Morgan fingerprint density at radius 2 is 1.71 bits per heavy atom. The highest BCUT2D eigenvalue weighted by atomic mass is 32.2. The molecule has 7 rings (SSSR count). The molecule has 0 bridgehead atoms. The van der Waals surface area contributed by atoms with E-state index in [2.05, 4.69) is 5.32 Å². The van der Waals surface area contributed by atoms with Crippen molar-refractivity contribution in [2.24, 2.45) is 5.92 Å². The van der Waals surface area contributed by atoms with Crippen LogP contribution in [0.25, 0.3) is 10.8 Å². The number of thiazole rings is 1. The number of fused-ring (bicyclic) bond motifs is 3. The maximum atomic E-state index is 14.0. The van der Waals surface area contributed by atoms with Crippen LogP contribution in [-0.4, -0.2) is 40.1 Å². The number of hydrogen-bond acceptors (Lipinski definition) is 9. The third-order valence-corrected chi connectivity index (χ3v) is 10.5. The molecule has 3 aromatic carbocycles. The number of hydrogen-bond donors (Lipinski definition) is 1. The molecular weight excluding hydrogens is 615 g/mol. The standard InChI is InChI=1S/C33H25N3O7S2/c1-2-42-32(40)19-12-14-20(15-13-19)36-29(38)26-25(23-11-6-16-43-23)28-31(44-27(26)30(36)39)35(33(41)45-28)17-24(37)34-22-10-5-8-18-7-3-4-9-21(18)22/h3-16,25-27H,2,17H2,1H3,(H,34,37)/t25-,26?,27?/m1/s1. The Hall–Kier alpha value is -4.94. The van der Waals surface area contributed by atoms with Crippen LogP contribution in [0.1, 0.15) is 33.8 Å². The molecule has 1 N–H and O–H groups in total. The minimum absolute atomic E-state index is 0.221. The van der Waals surface area contributed by atoms with E-state index < -0.39 is 40.8 Å². The second-order valence-corrected chi connectivity index (χ2v) is 12.7. The highest BCUT2D eigenvalue weighted by Gasteiger charge is 2.57. The summed E-state index contributed by atoms with van der Waals surface area (Å²) >= 11 is 2.06. The molecule has 0 spiro atoms. The third-order valence-electron chi connectivity index (χ3n) is 7.90. The predicted octanol–water partition coefficient (Wildman–Crippen LogP) is 5.27. The van der Waals surface area contributed by atoms with Crippen molar-refractivity contribution in [3.63, 3.8) is 0 Å². The first-order valence-corrected chi connectivity index (χ1v) is 15.9. The molecule has 45 heavy (non-hydrogen) atoms. The van der Waals surface area contributed by atoms with Crippen molar-refractivity contribution in [1.29, 1.82) is 0 Å². The molecule has 5 aromatic rings. The molecule has 12 heteroatoms. The van der Waals surface area contributed by atoms with Gasteiger partial charge in [0.1, 0.15) is 17.6 Å². The Bertz CT molecular complexity index is 2030. The van der Waals surface area contributed by atoms with Crippen molar-refractivity contribution in [2.75, 3.05) is 16.8 Å². The zero-order valence-corrected chi connectivity index (χ0v) is 25.4. The summed E-state index contributed by atoms with van der Waals surface area (Å²) < 4.78 is 12.2. The molecule has 3 atom stereocenters. The van der Waals surface area contributed by atoms with Crippen LogP contribution in [0.15, 0.2) is 99.4 Å². The molecule has 10 nitrogen and oxygen atoms in total. The summed E-state index contributed by atoms with van der Waals surface area (Å²) in [6, 6.07) is 22.8. The van der Waals surface area contributed by atoms with Gasteiger partial charge in [-0.1, -0.05) is 59.5 Å². The Morgan fingerprint density at radius 3 is 2.47 bits per heavy atom. The Morgan fingerprint density at radius 1 is 0.933 bits per heavy atom. The van der Waals surface area contributed by atoms with Crippen molar-refractivity contribution >= 4 is 68.9 Å². The normalized spacial score (nSPS) is 19.0. The van der Waals surface area contributed by atoms with Crippen LogP contribution in [0.3, 0.4) is 0 Å². The van der Waals surface area contributed by atoms with E-state index in [0.29, 0.717) is 32.6 Å². The monoisotopic (exact) mass is 639 g/mol. The summed E-state index contributed by atoms with van der Waals surface area (Å²) in [4.78, 5) is 68.0. The molecule has 3 amide bonds. The summed E-state index contributed by atoms with van der Waals surface area (Å²) in [5.74, 6) is -2.90. The van der Waals surface area contributed by atoms with Gasteiger partial charge in [0.2, 0.25) is 17.7 Å². The first-order valence-electron chi connectivity index (χ1n) is 14.2. The molecule has 0 radical (unpaired) electrons. The maximum Gasteiger partial charge on any atom is 0.338 e. The number of carbonyl (C=O) groups excluding carboxylic acids is 4. The van der Waals surface area contributed by atoms with Gasteiger partial charge in [-0.25, -0.2) is 9.69 Å².